The summed E-state index contributed by atoms with van der Waals surface area (Å²) in [5, 5.41) is 4.59. The molecule has 19 heavy (non-hydrogen) atoms. The van der Waals surface area contributed by atoms with Crippen molar-refractivity contribution >= 4 is 23.2 Å². The minimum atomic E-state index is -0.477. The van der Waals surface area contributed by atoms with Crippen LogP contribution in [0.15, 0.2) is 5.38 Å². The monoisotopic (exact) mass is 284 g/mol. The van der Waals surface area contributed by atoms with Crippen LogP contribution in [0.5, 0.6) is 0 Å². The number of carbonyl (C=O) groups excluding carboxylic acids is 2. The summed E-state index contributed by atoms with van der Waals surface area (Å²) in [5.41, 5.74) is 0.281. The van der Waals surface area contributed by atoms with Gasteiger partial charge in [0.15, 0.2) is 0 Å². The maximum atomic E-state index is 11.8. The van der Waals surface area contributed by atoms with Gasteiger partial charge in [-0.2, -0.15) is 0 Å². The Morgan fingerprint density at radius 2 is 2.11 bits per heavy atom. The lowest BCUT2D eigenvalue weighted by molar-refractivity contribution is 0.0526. The first-order chi connectivity index (χ1) is 9.19. The summed E-state index contributed by atoms with van der Waals surface area (Å²) < 4.78 is 4.82. The van der Waals surface area contributed by atoms with Gasteiger partial charge in [-0.15, -0.1) is 11.3 Å². The van der Waals surface area contributed by atoms with Gasteiger partial charge in [0.05, 0.1) is 6.61 Å². The number of rotatable bonds is 8. The number of thiazole rings is 1. The number of ether oxygens (including phenoxy) is 1. The Balaban J connectivity index is 2.38. The van der Waals surface area contributed by atoms with Gasteiger partial charge in [0.1, 0.15) is 5.69 Å². The van der Waals surface area contributed by atoms with Crippen LogP contribution in [0, 0.1) is 0 Å². The molecule has 1 aromatic rings. The molecule has 5 nitrogen and oxygen atoms in total. The number of hydrogen-bond acceptors (Lipinski definition) is 5. The quantitative estimate of drug-likeness (QED) is 0.588. The summed E-state index contributed by atoms with van der Waals surface area (Å²) in [6, 6.07) is 0. The Hall–Kier alpha value is -1.43. The number of esters is 1. The Morgan fingerprint density at radius 3 is 2.79 bits per heavy atom. The molecular formula is C13H20N2O3S. The van der Waals surface area contributed by atoms with E-state index < -0.39 is 5.97 Å². The molecule has 0 fully saturated rings. The van der Waals surface area contributed by atoms with Crippen LogP contribution in [0.4, 0.5) is 0 Å². The van der Waals surface area contributed by atoms with E-state index in [2.05, 4.69) is 17.2 Å². The summed E-state index contributed by atoms with van der Waals surface area (Å²) >= 11 is 1.13. The second-order valence-electron chi connectivity index (χ2n) is 4.07. The topological polar surface area (TPSA) is 68.3 Å². The predicted octanol–water partition coefficient (Wildman–Crippen LogP) is 2.63. The molecule has 1 amide bonds. The van der Waals surface area contributed by atoms with Crippen LogP contribution < -0.4 is 5.32 Å². The molecule has 0 aromatic carbocycles. The third kappa shape index (κ3) is 5.38. The van der Waals surface area contributed by atoms with Crippen LogP contribution in [0.25, 0.3) is 0 Å². The summed E-state index contributed by atoms with van der Waals surface area (Å²) in [4.78, 5) is 27.1. The second kappa shape index (κ2) is 8.63. The molecule has 0 unspecified atom stereocenters. The molecule has 0 atom stereocenters. The molecule has 0 saturated heterocycles. The van der Waals surface area contributed by atoms with Gasteiger partial charge in [-0.1, -0.05) is 26.2 Å². The first-order valence-electron chi connectivity index (χ1n) is 6.59. The van der Waals surface area contributed by atoms with Crippen LogP contribution in [-0.4, -0.2) is 30.0 Å². The molecule has 0 aliphatic rings. The lowest BCUT2D eigenvalue weighted by Crippen LogP contribution is -2.24. The van der Waals surface area contributed by atoms with Gasteiger partial charge in [0, 0.05) is 11.9 Å². The summed E-state index contributed by atoms with van der Waals surface area (Å²) in [6.45, 7) is 4.82. The van der Waals surface area contributed by atoms with Crippen molar-refractivity contribution in [3.8, 4) is 0 Å². The highest BCUT2D eigenvalue weighted by Crippen LogP contribution is 2.11. The maximum absolute atomic E-state index is 11.8. The fourth-order valence-electron chi connectivity index (χ4n) is 1.51. The van der Waals surface area contributed by atoms with Crippen molar-refractivity contribution in [2.75, 3.05) is 13.2 Å². The Labute approximate surface area is 117 Å². The van der Waals surface area contributed by atoms with Crippen LogP contribution in [0.2, 0.25) is 0 Å². The molecular weight excluding hydrogens is 264 g/mol. The van der Waals surface area contributed by atoms with E-state index in [1.54, 1.807) is 12.3 Å². The van der Waals surface area contributed by atoms with Gasteiger partial charge in [-0.3, -0.25) is 4.79 Å². The van der Waals surface area contributed by atoms with Gasteiger partial charge < -0.3 is 10.1 Å². The van der Waals surface area contributed by atoms with Crippen LogP contribution in [0.3, 0.4) is 0 Å². The number of hydrogen-bond donors (Lipinski definition) is 1. The summed E-state index contributed by atoms with van der Waals surface area (Å²) in [7, 11) is 0. The molecule has 0 aliphatic heterocycles. The number of carbonyl (C=O) groups is 2. The maximum Gasteiger partial charge on any atom is 0.367 e. The highest BCUT2D eigenvalue weighted by Gasteiger charge is 2.15. The van der Waals surface area contributed by atoms with Crippen molar-refractivity contribution in [2.24, 2.45) is 0 Å². The number of aromatic nitrogens is 1. The average molecular weight is 284 g/mol. The van der Waals surface area contributed by atoms with Gasteiger partial charge in [-0.25, -0.2) is 9.78 Å². The molecule has 1 heterocycles. The Kier molecular flexibility index (Phi) is 7.10. The third-order valence-electron chi connectivity index (χ3n) is 2.50. The molecule has 0 aliphatic carbocycles. The van der Waals surface area contributed by atoms with Crippen molar-refractivity contribution in [1.82, 2.24) is 10.3 Å². The van der Waals surface area contributed by atoms with E-state index in [-0.39, 0.29) is 16.6 Å². The van der Waals surface area contributed by atoms with Gasteiger partial charge in [0.25, 0.3) is 5.91 Å². The molecule has 106 valence electrons. The number of amides is 1. The zero-order valence-electron chi connectivity index (χ0n) is 11.4. The van der Waals surface area contributed by atoms with Gasteiger partial charge >= 0.3 is 5.97 Å². The first kappa shape index (κ1) is 15.6. The van der Waals surface area contributed by atoms with Crippen LogP contribution >= 0.6 is 11.3 Å². The second-order valence-corrected chi connectivity index (χ2v) is 4.93. The molecule has 1 aromatic heterocycles. The van der Waals surface area contributed by atoms with Gasteiger partial charge in [-0.05, 0) is 13.3 Å². The standard InChI is InChI=1S/C13H20N2O3S/c1-3-5-6-7-8-14-11(16)10-9-19-12(15-10)13(17)18-4-2/h9H,3-8H2,1-2H3,(H,14,16). The average Bonchev–Trinajstić information content (AvgIpc) is 2.88. The third-order valence-corrected chi connectivity index (χ3v) is 3.33. The van der Waals surface area contributed by atoms with E-state index in [0.29, 0.717) is 13.2 Å². The highest BCUT2D eigenvalue weighted by atomic mass is 32.1. The zero-order chi connectivity index (χ0) is 14.1. The SMILES string of the molecule is CCCCCCNC(=O)c1csc(C(=O)OCC)n1. The molecule has 0 saturated carbocycles. The number of nitrogens with zero attached hydrogens (tertiary/aromatic N) is 1. The van der Waals surface area contributed by atoms with Crippen molar-refractivity contribution < 1.29 is 14.3 Å². The highest BCUT2D eigenvalue weighted by molar-refractivity contribution is 7.11. The largest absolute Gasteiger partial charge is 0.461 e. The molecule has 1 N–H and O–H groups in total. The lowest BCUT2D eigenvalue weighted by Gasteiger charge is -2.02. The van der Waals surface area contributed by atoms with Gasteiger partial charge in [0.2, 0.25) is 5.01 Å². The number of nitrogens with one attached hydrogen (secondary N) is 1. The van der Waals surface area contributed by atoms with E-state index in [0.717, 1.165) is 24.2 Å². The Bertz CT molecular complexity index is 418. The molecule has 1 rings (SSSR count). The van der Waals surface area contributed by atoms with Crippen LogP contribution in [0.1, 0.15) is 59.8 Å². The Morgan fingerprint density at radius 1 is 1.32 bits per heavy atom. The van der Waals surface area contributed by atoms with E-state index in [9.17, 15) is 9.59 Å². The van der Waals surface area contributed by atoms with Crippen molar-refractivity contribution in [1.29, 1.82) is 0 Å². The normalized spacial score (nSPS) is 10.2. The fourth-order valence-corrected chi connectivity index (χ4v) is 2.20. The molecule has 0 radical (unpaired) electrons. The number of unbranched alkanes of at least 4 members (excludes halogenated alkanes) is 3. The van der Waals surface area contributed by atoms with E-state index in [4.69, 9.17) is 4.74 Å². The molecule has 0 spiro atoms. The zero-order valence-corrected chi connectivity index (χ0v) is 12.2. The van der Waals surface area contributed by atoms with E-state index >= 15 is 0 Å². The first-order valence-corrected chi connectivity index (χ1v) is 7.47. The van der Waals surface area contributed by atoms with Crippen molar-refractivity contribution in [3.05, 3.63) is 16.1 Å². The fraction of sp³-hybridized carbons (Fsp3) is 0.615. The minimum Gasteiger partial charge on any atom is -0.461 e. The van der Waals surface area contributed by atoms with Crippen molar-refractivity contribution in [2.45, 2.75) is 39.5 Å². The van der Waals surface area contributed by atoms with E-state index in [1.807, 2.05) is 0 Å². The predicted molar refractivity (Wildman–Crippen MR) is 74.5 cm³/mol. The molecule has 6 heteroatoms. The van der Waals surface area contributed by atoms with E-state index in [1.165, 1.54) is 12.8 Å². The summed E-state index contributed by atoms with van der Waals surface area (Å²) in [6.07, 6.45) is 4.43. The minimum absolute atomic E-state index is 0.220. The van der Waals surface area contributed by atoms with Crippen molar-refractivity contribution in [3.63, 3.8) is 0 Å². The van der Waals surface area contributed by atoms with Crippen LogP contribution in [-0.2, 0) is 4.74 Å². The molecule has 0 bridgehead atoms. The lowest BCUT2D eigenvalue weighted by atomic mass is 10.2. The smallest absolute Gasteiger partial charge is 0.367 e. The summed E-state index contributed by atoms with van der Waals surface area (Å²) in [5.74, 6) is -0.710.